The van der Waals surface area contributed by atoms with Crippen molar-refractivity contribution in [3.8, 4) is 11.1 Å². The Balaban J connectivity index is 1.57. The molecule has 3 aromatic rings. The number of hydrogen-bond donors (Lipinski definition) is 1. The molecular formula is C23H22ClFN4O. The van der Waals surface area contributed by atoms with Gasteiger partial charge in [0, 0.05) is 29.7 Å². The summed E-state index contributed by atoms with van der Waals surface area (Å²) in [6.45, 7) is 0.677. The van der Waals surface area contributed by atoms with E-state index >= 15 is 0 Å². The van der Waals surface area contributed by atoms with Crippen LogP contribution in [0.4, 0.5) is 10.3 Å². The summed E-state index contributed by atoms with van der Waals surface area (Å²) in [6, 6.07) is 13.6. The molecule has 154 valence electrons. The first-order chi connectivity index (χ1) is 14.5. The highest BCUT2D eigenvalue weighted by Crippen LogP contribution is 2.37. The van der Waals surface area contributed by atoms with E-state index in [2.05, 4.69) is 9.97 Å². The summed E-state index contributed by atoms with van der Waals surface area (Å²) in [7, 11) is 0. The number of carbonyl (C=O) groups is 1. The second-order valence-electron chi connectivity index (χ2n) is 7.41. The molecule has 1 saturated heterocycles. The van der Waals surface area contributed by atoms with Gasteiger partial charge in [0.15, 0.2) is 0 Å². The van der Waals surface area contributed by atoms with Crippen LogP contribution in [-0.2, 0) is 11.2 Å². The predicted octanol–water partition coefficient (Wildman–Crippen LogP) is 4.81. The molecule has 5 nitrogen and oxygen atoms in total. The molecule has 1 amide bonds. The van der Waals surface area contributed by atoms with Gasteiger partial charge in [0.2, 0.25) is 11.9 Å². The molecular weight excluding hydrogens is 403 g/mol. The van der Waals surface area contributed by atoms with Crippen LogP contribution >= 0.6 is 11.6 Å². The normalized spacial score (nSPS) is 16.1. The quantitative estimate of drug-likeness (QED) is 0.637. The van der Waals surface area contributed by atoms with Gasteiger partial charge >= 0.3 is 0 Å². The van der Waals surface area contributed by atoms with Crippen LogP contribution in [0, 0.1) is 5.82 Å². The number of nitrogen functional groups attached to an aromatic ring is 1. The molecule has 1 atom stereocenters. The number of halogens is 2. The van der Waals surface area contributed by atoms with Crippen molar-refractivity contribution in [1.82, 2.24) is 14.9 Å². The van der Waals surface area contributed by atoms with Crippen LogP contribution < -0.4 is 5.73 Å². The Bertz CT molecular complexity index is 1040. The number of likely N-dealkylation sites (tertiary alicyclic amines) is 1. The summed E-state index contributed by atoms with van der Waals surface area (Å²) in [6.07, 6.45) is 4.36. The third-order valence-electron chi connectivity index (χ3n) is 5.42. The number of nitrogens with two attached hydrogens (primary N) is 1. The summed E-state index contributed by atoms with van der Waals surface area (Å²) in [4.78, 5) is 23.6. The molecule has 2 aromatic carbocycles. The van der Waals surface area contributed by atoms with E-state index in [4.69, 9.17) is 17.3 Å². The number of hydrogen-bond acceptors (Lipinski definition) is 4. The molecule has 1 aliphatic heterocycles. The van der Waals surface area contributed by atoms with E-state index in [1.165, 1.54) is 12.1 Å². The number of rotatable bonds is 5. The van der Waals surface area contributed by atoms with Gasteiger partial charge < -0.3 is 10.6 Å². The predicted molar refractivity (Wildman–Crippen MR) is 115 cm³/mol. The van der Waals surface area contributed by atoms with Gasteiger partial charge in [-0.15, -0.1) is 0 Å². The lowest BCUT2D eigenvalue weighted by molar-refractivity contribution is -0.132. The van der Waals surface area contributed by atoms with E-state index in [0.29, 0.717) is 24.4 Å². The number of anilines is 1. The number of benzene rings is 2. The molecule has 7 heteroatoms. The van der Waals surface area contributed by atoms with Crippen LogP contribution in [0.15, 0.2) is 54.7 Å². The first-order valence-electron chi connectivity index (χ1n) is 9.93. The zero-order valence-electron chi connectivity index (χ0n) is 16.4. The molecule has 1 aliphatic rings. The van der Waals surface area contributed by atoms with Crippen molar-refractivity contribution in [2.45, 2.75) is 31.7 Å². The topological polar surface area (TPSA) is 72.1 Å². The number of carbonyl (C=O) groups excluding carboxylic acids is 1. The fourth-order valence-electron chi connectivity index (χ4n) is 3.91. The highest BCUT2D eigenvalue weighted by Gasteiger charge is 2.32. The molecule has 1 fully saturated rings. The maximum Gasteiger partial charge on any atom is 0.223 e. The second kappa shape index (κ2) is 8.79. The number of nitrogens with zero attached hydrogens (tertiary/aromatic N) is 3. The molecule has 0 unspecified atom stereocenters. The first kappa shape index (κ1) is 20.3. The number of aryl methyl sites for hydroxylation is 1. The van der Waals surface area contributed by atoms with Crippen LogP contribution in [0.1, 0.15) is 36.6 Å². The van der Waals surface area contributed by atoms with Crippen molar-refractivity contribution in [3.63, 3.8) is 0 Å². The summed E-state index contributed by atoms with van der Waals surface area (Å²) in [5, 5.41) is 0.648. The SMILES string of the molecule is Nc1ncc(-c2ccc(Cl)cc2)c([C@@H]2CCCN2C(=O)CCc2ccc(F)cc2)n1. The van der Waals surface area contributed by atoms with Gasteiger partial charge in [0.1, 0.15) is 5.82 Å². The van der Waals surface area contributed by atoms with Crippen LogP contribution in [0.3, 0.4) is 0 Å². The van der Waals surface area contributed by atoms with Crippen molar-refractivity contribution < 1.29 is 9.18 Å². The van der Waals surface area contributed by atoms with Crippen molar-refractivity contribution in [2.75, 3.05) is 12.3 Å². The fourth-order valence-corrected chi connectivity index (χ4v) is 4.04. The maximum atomic E-state index is 13.1. The van der Waals surface area contributed by atoms with Crippen molar-refractivity contribution in [2.24, 2.45) is 0 Å². The zero-order chi connectivity index (χ0) is 21.1. The minimum atomic E-state index is -0.277. The van der Waals surface area contributed by atoms with Gasteiger partial charge in [-0.05, 0) is 54.7 Å². The lowest BCUT2D eigenvalue weighted by Gasteiger charge is -2.26. The third-order valence-corrected chi connectivity index (χ3v) is 5.67. The monoisotopic (exact) mass is 424 g/mol. The molecule has 30 heavy (non-hydrogen) atoms. The number of aromatic nitrogens is 2. The molecule has 1 aromatic heterocycles. The van der Waals surface area contributed by atoms with Crippen molar-refractivity contribution in [3.05, 3.63) is 76.8 Å². The van der Waals surface area contributed by atoms with E-state index in [1.807, 2.05) is 29.2 Å². The van der Waals surface area contributed by atoms with Gasteiger partial charge in [-0.1, -0.05) is 35.9 Å². The molecule has 0 bridgehead atoms. The summed E-state index contributed by atoms with van der Waals surface area (Å²) in [5.41, 5.74) is 9.37. The summed E-state index contributed by atoms with van der Waals surface area (Å²) in [5.74, 6) is -0.0323. The highest BCUT2D eigenvalue weighted by atomic mass is 35.5. The van der Waals surface area contributed by atoms with Gasteiger partial charge in [-0.3, -0.25) is 4.79 Å². The lowest BCUT2D eigenvalue weighted by Crippen LogP contribution is -2.31. The van der Waals surface area contributed by atoms with E-state index < -0.39 is 0 Å². The smallest absolute Gasteiger partial charge is 0.223 e. The van der Waals surface area contributed by atoms with Gasteiger partial charge in [-0.25, -0.2) is 14.4 Å². The van der Waals surface area contributed by atoms with Crippen LogP contribution in [-0.4, -0.2) is 27.3 Å². The fraction of sp³-hybridized carbons (Fsp3) is 0.261. The van der Waals surface area contributed by atoms with Crippen LogP contribution in [0.2, 0.25) is 5.02 Å². The Hall–Kier alpha value is -2.99. The molecule has 0 radical (unpaired) electrons. The molecule has 2 N–H and O–H groups in total. The number of amides is 1. The first-order valence-corrected chi connectivity index (χ1v) is 10.3. The largest absolute Gasteiger partial charge is 0.368 e. The standard InChI is InChI=1S/C23H22ClFN4O/c24-17-8-6-16(7-9-17)19-14-27-23(26)28-22(19)20-2-1-13-29(20)21(30)12-5-15-3-10-18(25)11-4-15/h3-4,6-11,14,20H,1-2,5,12-13H2,(H2,26,27,28)/t20-/m0/s1. The van der Waals surface area contributed by atoms with Crippen molar-refractivity contribution >= 4 is 23.5 Å². The van der Waals surface area contributed by atoms with Gasteiger partial charge in [-0.2, -0.15) is 0 Å². The Morgan fingerprint density at radius 3 is 2.63 bits per heavy atom. The Labute approximate surface area is 179 Å². The Morgan fingerprint density at radius 2 is 1.90 bits per heavy atom. The second-order valence-corrected chi connectivity index (χ2v) is 7.84. The van der Waals surface area contributed by atoms with E-state index in [-0.39, 0.29) is 23.7 Å². The van der Waals surface area contributed by atoms with Crippen LogP contribution in [0.25, 0.3) is 11.1 Å². The van der Waals surface area contributed by atoms with Gasteiger partial charge in [0.05, 0.1) is 11.7 Å². The third kappa shape index (κ3) is 4.44. The maximum absolute atomic E-state index is 13.1. The minimum Gasteiger partial charge on any atom is -0.368 e. The minimum absolute atomic E-state index is 0.0565. The van der Waals surface area contributed by atoms with Crippen LogP contribution in [0.5, 0.6) is 0 Å². The average Bonchev–Trinajstić information content (AvgIpc) is 3.24. The van der Waals surface area contributed by atoms with E-state index in [0.717, 1.165) is 35.2 Å². The molecule has 0 saturated carbocycles. The summed E-state index contributed by atoms with van der Waals surface area (Å²) < 4.78 is 13.1. The lowest BCUT2D eigenvalue weighted by atomic mass is 9.99. The Kier molecular flexibility index (Phi) is 5.95. The molecule has 0 spiro atoms. The van der Waals surface area contributed by atoms with Gasteiger partial charge in [0.25, 0.3) is 0 Å². The molecule has 4 rings (SSSR count). The van der Waals surface area contributed by atoms with E-state index in [9.17, 15) is 9.18 Å². The van der Waals surface area contributed by atoms with E-state index in [1.54, 1.807) is 18.3 Å². The summed E-state index contributed by atoms with van der Waals surface area (Å²) >= 11 is 6.02. The zero-order valence-corrected chi connectivity index (χ0v) is 17.1. The Morgan fingerprint density at radius 1 is 1.17 bits per heavy atom. The molecule has 0 aliphatic carbocycles. The molecule has 2 heterocycles. The highest BCUT2D eigenvalue weighted by molar-refractivity contribution is 6.30. The van der Waals surface area contributed by atoms with Crippen molar-refractivity contribution in [1.29, 1.82) is 0 Å². The average molecular weight is 425 g/mol.